The monoisotopic (exact) mass is 238 g/mol. The molecule has 2 rings (SSSR count). The first-order valence-electron chi connectivity index (χ1n) is 3.98. The highest BCUT2D eigenvalue weighted by atomic mass is 79.9. The molecule has 1 saturated carbocycles. The first-order valence-corrected chi connectivity index (χ1v) is 4.77. The summed E-state index contributed by atoms with van der Waals surface area (Å²) in [6.07, 6.45) is 5.21. The van der Waals surface area contributed by atoms with Gasteiger partial charge in [-0.2, -0.15) is 4.99 Å². The Balaban J connectivity index is 2.35. The highest BCUT2D eigenvalue weighted by Crippen LogP contribution is 2.48. The average molecular weight is 239 g/mol. The fourth-order valence-corrected chi connectivity index (χ4v) is 1.56. The zero-order chi connectivity index (χ0) is 9.31. The molecule has 3 nitrogen and oxygen atoms in total. The van der Waals surface area contributed by atoms with Crippen LogP contribution in [0.15, 0.2) is 27.9 Å². The Hall–Kier alpha value is -0.990. The molecule has 0 spiro atoms. The number of aliphatic imine (C=N–C) groups is 1. The number of halogens is 1. The third-order valence-corrected chi connectivity index (χ3v) is 2.72. The molecule has 0 saturated heterocycles. The molecule has 0 aromatic carbocycles. The molecule has 0 unspecified atom stereocenters. The second-order valence-electron chi connectivity index (χ2n) is 3.10. The molecule has 1 fully saturated rings. The minimum absolute atomic E-state index is 0.296. The van der Waals surface area contributed by atoms with Crippen molar-refractivity contribution >= 4 is 22.0 Å². The van der Waals surface area contributed by atoms with E-state index in [-0.39, 0.29) is 5.54 Å². The highest BCUT2D eigenvalue weighted by Gasteiger charge is 2.44. The largest absolute Gasteiger partial charge is 0.249 e. The van der Waals surface area contributed by atoms with Crippen LogP contribution in [0.4, 0.5) is 0 Å². The second-order valence-corrected chi connectivity index (χ2v) is 3.92. The molecule has 0 aliphatic heterocycles. The summed E-state index contributed by atoms with van der Waals surface area (Å²) in [4.78, 5) is 18.1. The number of pyridine rings is 1. The van der Waals surface area contributed by atoms with E-state index in [9.17, 15) is 4.79 Å². The van der Waals surface area contributed by atoms with Crippen LogP contribution in [0.25, 0.3) is 0 Å². The summed E-state index contributed by atoms with van der Waals surface area (Å²) in [5, 5.41) is 0. The molecule has 1 heterocycles. The van der Waals surface area contributed by atoms with Crippen molar-refractivity contribution in [3.05, 3.63) is 28.5 Å². The first-order chi connectivity index (χ1) is 6.27. The van der Waals surface area contributed by atoms with Gasteiger partial charge in [-0.1, -0.05) is 6.07 Å². The maximum Gasteiger partial charge on any atom is 0.235 e. The number of carbonyl (C=O) groups excluding carboxylic acids is 1. The lowest BCUT2D eigenvalue weighted by molar-refractivity contribution is 0.556. The maximum atomic E-state index is 10.2. The number of isocyanates is 1. The summed E-state index contributed by atoms with van der Waals surface area (Å²) in [6, 6.07) is 3.79. The van der Waals surface area contributed by atoms with Gasteiger partial charge >= 0.3 is 0 Å². The lowest BCUT2D eigenvalue weighted by Gasteiger charge is -2.06. The molecule has 1 aliphatic rings. The minimum atomic E-state index is -0.296. The third-order valence-electron chi connectivity index (χ3n) is 2.25. The zero-order valence-corrected chi connectivity index (χ0v) is 8.41. The number of aromatic nitrogens is 1. The van der Waals surface area contributed by atoms with Crippen molar-refractivity contribution in [1.82, 2.24) is 4.98 Å². The Labute approximate surface area is 84.0 Å². The average Bonchev–Trinajstić information content (AvgIpc) is 2.87. The van der Waals surface area contributed by atoms with Gasteiger partial charge in [-0.05, 0) is 40.4 Å². The van der Waals surface area contributed by atoms with Crippen molar-refractivity contribution in [2.24, 2.45) is 4.99 Å². The van der Waals surface area contributed by atoms with Gasteiger partial charge in [-0.25, -0.2) is 9.78 Å². The van der Waals surface area contributed by atoms with Crippen LogP contribution in [0, 0.1) is 0 Å². The van der Waals surface area contributed by atoms with Gasteiger partial charge in [0, 0.05) is 6.20 Å². The van der Waals surface area contributed by atoms with E-state index in [1.54, 1.807) is 12.3 Å². The molecule has 0 bridgehead atoms. The highest BCUT2D eigenvalue weighted by molar-refractivity contribution is 9.10. The van der Waals surface area contributed by atoms with Gasteiger partial charge in [-0.15, -0.1) is 0 Å². The van der Waals surface area contributed by atoms with Crippen molar-refractivity contribution in [2.45, 2.75) is 18.4 Å². The van der Waals surface area contributed by atoms with Crippen LogP contribution in [0.2, 0.25) is 0 Å². The van der Waals surface area contributed by atoms with Crippen LogP contribution in [0.3, 0.4) is 0 Å². The SMILES string of the molecule is O=C=NC1(c2ccc(Br)nc2)CC1. The fraction of sp³-hybridized carbons (Fsp3) is 0.333. The van der Waals surface area contributed by atoms with Gasteiger partial charge in [0.2, 0.25) is 6.08 Å². The van der Waals surface area contributed by atoms with Gasteiger partial charge in [0.1, 0.15) is 4.60 Å². The van der Waals surface area contributed by atoms with Crippen molar-refractivity contribution < 1.29 is 4.79 Å². The van der Waals surface area contributed by atoms with Gasteiger partial charge in [0.15, 0.2) is 0 Å². The quantitative estimate of drug-likeness (QED) is 0.451. The van der Waals surface area contributed by atoms with Gasteiger partial charge < -0.3 is 0 Å². The number of hydrogen-bond acceptors (Lipinski definition) is 3. The standard InChI is InChI=1S/C9H7BrN2O/c10-8-2-1-7(5-11-8)9(3-4-9)12-6-13/h1-2,5H,3-4H2. The topological polar surface area (TPSA) is 42.3 Å². The van der Waals surface area contributed by atoms with Gasteiger partial charge in [0.05, 0.1) is 5.54 Å². The Morgan fingerprint density at radius 2 is 2.31 bits per heavy atom. The zero-order valence-electron chi connectivity index (χ0n) is 6.83. The summed E-state index contributed by atoms with van der Waals surface area (Å²) in [5.41, 5.74) is 0.703. The number of hydrogen-bond donors (Lipinski definition) is 0. The van der Waals surface area contributed by atoms with E-state index in [4.69, 9.17) is 0 Å². The molecule has 0 amide bonds. The van der Waals surface area contributed by atoms with Crippen molar-refractivity contribution in [3.63, 3.8) is 0 Å². The van der Waals surface area contributed by atoms with E-state index in [2.05, 4.69) is 25.9 Å². The summed E-state index contributed by atoms with van der Waals surface area (Å²) in [5.74, 6) is 0. The summed E-state index contributed by atoms with van der Waals surface area (Å²) in [6.45, 7) is 0. The molecule has 0 radical (unpaired) electrons. The lowest BCUT2D eigenvalue weighted by Crippen LogP contribution is -2.02. The maximum absolute atomic E-state index is 10.2. The molecule has 66 valence electrons. The van der Waals surface area contributed by atoms with Crippen molar-refractivity contribution in [2.75, 3.05) is 0 Å². The Bertz CT molecular complexity index is 364. The van der Waals surface area contributed by atoms with E-state index in [0.29, 0.717) is 0 Å². The van der Waals surface area contributed by atoms with Crippen molar-refractivity contribution in [1.29, 1.82) is 0 Å². The number of rotatable bonds is 2. The smallest absolute Gasteiger partial charge is 0.235 e. The first kappa shape index (κ1) is 8.60. The van der Waals surface area contributed by atoms with E-state index in [0.717, 1.165) is 23.0 Å². The predicted molar refractivity (Wildman–Crippen MR) is 51.0 cm³/mol. The van der Waals surface area contributed by atoms with Crippen LogP contribution in [0.5, 0.6) is 0 Å². The third kappa shape index (κ3) is 1.55. The molecular weight excluding hydrogens is 232 g/mol. The molecular formula is C9H7BrN2O. The van der Waals surface area contributed by atoms with Crippen LogP contribution in [-0.2, 0) is 10.3 Å². The predicted octanol–water partition coefficient (Wildman–Crippen LogP) is 2.17. The van der Waals surface area contributed by atoms with Crippen LogP contribution in [-0.4, -0.2) is 11.1 Å². The lowest BCUT2D eigenvalue weighted by atomic mass is 10.1. The summed E-state index contributed by atoms with van der Waals surface area (Å²) in [7, 11) is 0. The molecule has 4 heteroatoms. The van der Waals surface area contributed by atoms with E-state index in [1.807, 2.05) is 12.1 Å². The summed E-state index contributed by atoms with van der Waals surface area (Å²) >= 11 is 3.25. The van der Waals surface area contributed by atoms with Gasteiger partial charge in [-0.3, -0.25) is 0 Å². The van der Waals surface area contributed by atoms with Crippen LogP contribution < -0.4 is 0 Å². The van der Waals surface area contributed by atoms with Crippen LogP contribution in [0.1, 0.15) is 18.4 Å². The van der Waals surface area contributed by atoms with E-state index < -0.39 is 0 Å². The summed E-state index contributed by atoms with van der Waals surface area (Å²) < 4.78 is 0.794. The molecule has 1 aliphatic carbocycles. The molecule has 0 atom stereocenters. The Morgan fingerprint density at radius 3 is 2.77 bits per heavy atom. The molecule has 0 N–H and O–H groups in total. The molecule has 1 aromatic rings. The Kier molecular flexibility index (Phi) is 2.02. The molecule has 13 heavy (non-hydrogen) atoms. The fourth-order valence-electron chi connectivity index (χ4n) is 1.32. The van der Waals surface area contributed by atoms with Crippen LogP contribution >= 0.6 is 15.9 Å². The van der Waals surface area contributed by atoms with Crippen molar-refractivity contribution in [3.8, 4) is 0 Å². The van der Waals surface area contributed by atoms with E-state index in [1.165, 1.54) is 0 Å². The minimum Gasteiger partial charge on any atom is -0.249 e. The van der Waals surface area contributed by atoms with Gasteiger partial charge in [0.25, 0.3) is 0 Å². The number of nitrogens with zero attached hydrogens (tertiary/aromatic N) is 2. The Morgan fingerprint density at radius 1 is 1.54 bits per heavy atom. The molecule has 1 aromatic heterocycles. The second kappa shape index (κ2) is 3.05. The van der Waals surface area contributed by atoms with E-state index >= 15 is 0 Å². The normalized spacial score (nSPS) is 17.6.